The van der Waals surface area contributed by atoms with Crippen LogP contribution in [0.15, 0.2) is 48.5 Å². The molecule has 2 aromatic carbocycles. The fourth-order valence-electron chi connectivity index (χ4n) is 1.97. The van der Waals surface area contributed by atoms with Gasteiger partial charge in [-0.1, -0.05) is 42.8 Å². The molecule has 2 rings (SSSR count). The van der Waals surface area contributed by atoms with Gasteiger partial charge in [0.05, 0.1) is 12.7 Å². The number of benzene rings is 2. The van der Waals surface area contributed by atoms with Crippen molar-refractivity contribution in [3.8, 4) is 0 Å². The number of carbonyl (C=O) groups excluding carboxylic acids is 1. The number of rotatable bonds is 3. The summed E-state index contributed by atoms with van der Waals surface area (Å²) in [6.07, 6.45) is 0. The summed E-state index contributed by atoms with van der Waals surface area (Å²) in [7, 11) is 1.38. The first-order valence-corrected chi connectivity index (χ1v) is 6.43. The van der Waals surface area contributed by atoms with E-state index in [1.165, 1.54) is 12.7 Å². The molecule has 0 saturated heterocycles. The Hall–Kier alpha value is -1.80. The van der Waals surface area contributed by atoms with E-state index in [2.05, 4.69) is 11.7 Å². The molecule has 0 aromatic heterocycles. The van der Waals surface area contributed by atoms with Crippen molar-refractivity contribution in [3.05, 3.63) is 70.2 Å². The van der Waals surface area contributed by atoms with Crippen LogP contribution >= 0.6 is 11.6 Å². The van der Waals surface area contributed by atoms with Crippen LogP contribution in [0.1, 0.15) is 34.3 Å². The Morgan fingerprint density at radius 3 is 1.95 bits per heavy atom. The quantitative estimate of drug-likeness (QED) is 0.781. The van der Waals surface area contributed by atoms with Crippen molar-refractivity contribution in [1.29, 1.82) is 0 Å². The van der Waals surface area contributed by atoms with Gasteiger partial charge in [0.25, 0.3) is 0 Å². The van der Waals surface area contributed by atoms with Gasteiger partial charge in [-0.25, -0.2) is 4.79 Å². The highest BCUT2D eigenvalue weighted by Gasteiger charge is 2.10. The van der Waals surface area contributed by atoms with Gasteiger partial charge in [0.2, 0.25) is 0 Å². The molecule has 0 N–H and O–H groups in total. The number of ether oxygens (including phenoxy) is 1. The van der Waals surface area contributed by atoms with Crippen molar-refractivity contribution >= 4 is 17.6 Å². The van der Waals surface area contributed by atoms with E-state index in [1.807, 2.05) is 36.4 Å². The summed E-state index contributed by atoms with van der Waals surface area (Å²) in [5.74, 6) is -0.0605. The number of hydrogen-bond acceptors (Lipinski definition) is 2. The maximum Gasteiger partial charge on any atom is 0.337 e. The summed E-state index contributed by atoms with van der Waals surface area (Å²) in [6, 6.07) is 15.3. The molecule has 0 aliphatic carbocycles. The largest absolute Gasteiger partial charge is 0.465 e. The van der Waals surface area contributed by atoms with Crippen LogP contribution < -0.4 is 0 Å². The fourth-order valence-corrected chi connectivity index (χ4v) is 2.10. The summed E-state index contributed by atoms with van der Waals surface area (Å²) in [5, 5.41) is 0.733. The zero-order valence-electron chi connectivity index (χ0n) is 10.9. The topological polar surface area (TPSA) is 26.3 Å². The highest BCUT2D eigenvalue weighted by atomic mass is 35.5. The maximum atomic E-state index is 11.4. The summed E-state index contributed by atoms with van der Waals surface area (Å²) in [4.78, 5) is 11.4. The van der Waals surface area contributed by atoms with Gasteiger partial charge in [-0.15, -0.1) is 0 Å². The molecule has 98 valence electrons. The molecule has 0 bridgehead atoms. The molecular weight excluding hydrogens is 260 g/mol. The van der Waals surface area contributed by atoms with Crippen LogP contribution in [0.5, 0.6) is 0 Å². The summed E-state index contributed by atoms with van der Waals surface area (Å²) < 4.78 is 4.68. The Kier molecular flexibility index (Phi) is 4.23. The van der Waals surface area contributed by atoms with E-state index < -0.39 is 0 Å². The van der Waals surface area contributed by atoms with Gasteiger partial charge in [-0.2, -0.15) is 0 Å². The molecule has 3 heteroatoms. The molecule has 0 amide bonds. The van der Waals surface area contributed by atoms with Crippen LogP contribution in [0.25, 0.3) is 0 Å². The Morgan fingerprint density at radius 1 is 1.00 bits per heavy atom. The number of methoxy groups -OCH3 is 1. The third kappa shape index (κ3) is 3.15. The molecule has 0 saturated carbocycles. The van der Waals surface area contributed by atoms with Crippen molar-refractivity contribution < 1.29 is 9.53 Å². The van der Waals surface area contributed by atoms with Crippen LogP contribution in [0.2, 0.25) is 5.02 Å². The Morgan fingerprint density at radius 2 is 1.47 bits per heavy atom. The van der Waals surface area contributed by atoms with E-state index in [0.29, 0.717) is 5.56 Å². The maximum absolute atomic E-state index is 11.4. The lowest BCUT2D eigenvalue weighted by Crippen LogP contribution is -2.02. The SMILES string of the molecule is COC(=O)c1ccc(C(C)c2ccc(Cl)cc2)cc1. The van der Waals surface area contributed by atoms with Crippen molar-refractivity contribution in [1.82, 2.24) is 0 Å². The van der Waals surface area contributed by atoms with Gasteiger partial charge in [-0.3, -0.25) is 0 Å². The van der Waals surface area contributed by atoms with Gasteiger partial charge in [0.15, 0.2) is 0 Å². The molecule has 0 spiro atoms. The standard InChI is InChI=1S/C16H15ClO2/c1-11(13-7-9-15(17)10-8-13)12-3-5-14(6-4-12)16(18)19-2/h3-11H,1-2H3. The lowest BCUT2D eigenvalue weighted by atomic mass is 9.93. The van der Waals surface area contributed by atoms with Gasteiger partial charge >= 0.3 is 5.97 Å². The second-order valence-electron chi connectivity index (χ2n) is 4.39. The number of hydrogen-bond donors (Lipinski definition) is 0. The molecule has 2 aromatic rings. The third-order valence-corrected chi connectivity index (χ3v) is 3.45. The lowest BCUT2D eigenvalue weighted by molar-refractivity contribution is 0.0600. The highest BCUT2D eigenvalue weighted by molar-refractivity contribution is 6.30. The van der Waals surface area contributed by atoms with Crippen molar-refractivity contribution in [2.24, 2.45) is 0 Å². The van der Waals surface area contributed by atoms with E-state index in [0.717, 1.165) is 10.6 Å². The van der Waals surface area contributed by atoms with E-state index in [9.17, 15) is 4.79 Å². The highest BCUT2D eigenvalue weighted by Crippen LogP contribution is 2.25. The van der Waals surface area contributed by atoms with Crippen LogP contribution in [0, 0.1) is 0 Å². The zero-order chi connectivity index (χ0) is 13.8. The van der Waals surface area contributed by atoms with Crippen molar-refractivity contribution in [3.63, 3.8) is 0 Å². The summed E-state index contributed by atoms with van der Waals surface area (Å²) >= 11 is 5.88. The summed E-state index contributed by atoms with van der Waals surface area (Å²) in [6.45, 7) is 2.12. The van der Waals surface area contributed by atoms with Crippen molar-refractivity contribution in [2.45, 2.75) is 12.8 Å². The second-order valence-corrected chi connectivity index (χ2v) is 4.82. The fraction of sp³-hybridized carbons (Fsp3) is 0.188. The minimum absolute atomic E-state index is 0.254. The van der Waals surface area contributed by atoms with E-state index >= 15 is 0 Å². The normalized spacial score (nSPS) is 11.9. The molecule has 0 aliphatic heterocycles. The first-order valence-electron chi connectivity index (χ1n) is 6.05. The molecule has 1 unspecified atom stereocenters. The molecule has 0 radical (unpaired) electrons. The minimum Gasteiger partial charge on any atom is -0.465 e. The molecular formula is C16H15ClO2. The third-order valence-electron chi connectivity index (χ3n) is 3.20. The smallest absolute Gasteiger partial charge is 0.337 e. The second kappa shape index (κ2) is 5.89. The van der Waals surface area contributed by atoms with E-state index in [1.54, 1.807) is 12.1 Å². The lowest BCUT2D eigenvalue weighted by Gasteiger charge is -2.13. The monoisotopic (exact) mass is 274 g/mol. The molecule has 0 heterocycles. The van der Waals surface area contributed by atoms with E-state index in [-0.39, 0.29) is 11.9 Å². The molecule has 19 heavy (non-hydrogen) atoms. The minimum atomic E-state index is -0.314. The van der Waals surface area contributed by atoms with Gasteiger partial charge in [-0.05, 0) is 35.4 Å². The summed E-state index contributed by atoms with van der Waals surface area (Å²) in [5.41, 5.74) is 2.90. The first-order chi connectivity index (χ1) is 9.11. The molecule has 2 nitrogen and oxygen atoms in total. The Bertz CT molecular complexity index is 558. The number of halogens is 1. The van der Waals surface area contributed by atoms with Gasteiger partial charge in [0, 0.05) is 10.9 Å². The number of esters is 1. The van der Waals surface area contributed by atoms with Crippen molar-refractivity contribution in [2.75, 3.05) is 7.11 Å². The zero-order valence-corrected chi connectivity index (χ0v) is 11.6. The predicted molar refractivity (Wildman–Crippen MR) is 76.8 cm³/mol. The Labute approximate surface area is 118 Å². The molecule has 0 fully saturated rings. The molecule has 0 aliphatic rings. The predicted octanol–water partition coefficient (Wildman–Crippen LogP) is 4.28. The van der Waals surface area contributed by atoms with E-state index in [4.69, 9.17) is 11.6 Å². The van der Waals surface area contributed by atoms with Gasteiger partial charge in [0.1, 0.15) is 0 Å². The number of carbonyl (C=O) groups is 1. The van der Waals surface area contributed by atoms with Crippen LogP contribution in [-0.2, 0) is 4.74 Å². The van der Waals surface area contributed by atoms with Crippen LogP contribution in [-0.4, -0.2) is 13.1 Å². The van der Waals surface area contributed by atoms with Crippen LogP contribution in [0.4, 0.5) is 0 Å². The van der Waals surface area contributed by atoms with Gasteiger partial charge < -0.3 is 4.74 Å². The average molecular weight is 275 g/mol. The average Bonchev–Trinajstić information content (AvgIpc) is 2.46. The Balaban J connectivity index is 2.22. The van der Waals surface area contributed by atoms with Crippen LogP contribution in [0.3, 0.4) is 0 Å². The first kappa shape index (κ1) is 13.6. The molecule has 1 atom stereocenters.